The second kappa shape index (κ2) is 28.9. The Hall–Kier alpha value is -15.8. The van der Waals surface area contributed by atoms with E-state index in [2.05, 4.69) is 98.4 Å². The molecule has 25 heteroatoms. The highest BCUT2D eigenvalue weighted by atomic mass is 19.4. The summed E-state index contributed by atoms with van der Waals surface area (Å²) >= 11 is 0. The van der Waals surface area contributed by atoms with Crippen LogP contribution in [0.5, 0.6) is 0 Å². The van der Waals surface area contributed by atoms with Crippen molar-refractivity contribution in [3.63, 3.8) is 0 Å². The lowest BCUT2D eigenvalue weighted by atomic mass is 9.95. The van der Waals surface area contributed by atoms with E-state index >= 15 is 0 Å². The molecule has 12 nitrogen and oxygen atoms in total. The number of para-hydroxylation sites is 8. The number of nitrogens with zero attached hydrogens (tertiary/aromatic N) is 12. The van der Waals surface area contributed by atoms with Crippen molar-refractivity contribution >= 4 is 174 Å². The Morgan fingerprint density at radius 2 is 0.561 bits per heavy atom. The lowest BCUT2D eigenvalue weighted by Gasteiger charge is -2.14. The number of hydrogen-bond acceptors (Lipinski definition) is 4. The number of benzene rings is 14. The zero-order valence-electron chi connectivity index (χ0n) is 71.3. The van der Waals surface area contributed by atoms with Gasteiger partial charge in [-0.25, -0.2) is 22.3 Å². The van der Waals surface area contributed by atoms with E-state index in [4.69, 9.17) is 0 Å². The van der Waals surface area contributed by atoms with Gasteiger partial charge in [-0.15, -0.1) is 0 Å². The van der Waals surface area contributed by atoms with E-state index < -0.39 is 64.3 Å². The third-order valence-corrected chi connectivity index (χ3v) is 26.6. The maximum atomic E-state index is 15.0. The first kappa shape index (κ1) is 80.8. The molecular formula is C107H69F13N12+4. The molecule has 0 radical (unpaired) electrons. The largest absolute Gasteiger partial charge is 0.439 e. The van der Waals surface area contributed by atoms with Gasteiger partial charge in [0.05, 0.1) is 96.6 Å². The van der Waals surface area contributed by atoms with Crippen molar-refractivity contribution in [3.05, 3.63) is 337 Å². The van der Waals surface area contributed by atoms with E-state index in [9.17, 15) is 57.1 Å². The van der Waals surface area contributed by atoms with Gasteiger partial charge in [-0.2, -0.15) is 43.9 Å². The van der Waals surface area contributed by atoms with Crippen molar-refractivity contribution in [1.82, 2.24) is 37.8 Å². The highest BCUT2D eigenvalue weighted by Gasteiger charge is 2.44. The lowest BCUT2D eigenvalue weighted by molar-refractivity contribution is -0.720. The molecule has 0 N–H and O–H groups in total. The van der Waals surface area contributed by atoms with Crippen LogP contribution in [0.15, 0.2) is 274 Å². The van der Waals surface area contributed by atoms with Crippen LogP contribution in [0.1, 0.15) is 39.7 Å². The Bertz CT molecular complexity index is 9260. The minimum atomic E-state index is -4.57. The number of hydrogen-bond donors (Lipinski definition) is 0. The lowest BCUT2D eigenvalue weighted by Crippen LogP contribution is -2.38. The fourth-order valence-corrected chi connectivity index (χ4v) is 21.4. The molecule has 0 aliphatic carbocycles. The Morgan fingerprint density at radius 1 is 0.258 bits per heavy atom. The number of rotatable bonds is 4. The molecule has 0 spiro atoms. The Balaban J connectivity index is 0.0000001000. The molecule has 0 saturated carbocycles. The fraction of sp³-hybridized carbons (Fsp3) is 0.103. The third-order valence-electron chi connectivity index (χ3n) is 26.6. The molecule has 0 bridgehead atoms. The molecule has 26 aromatic rings. The van der Waals surface area contributed by atoms with Gasteiger partial charge in [0, 0.05) is 108 Å². The van der Waals surface area contributed by atoms with Gasteiger partial charge in [-0.1, -0.05) is 222 Å². The minimum absolute atomic E-state index is 0.0294. The summed E-state index contributed by atoms with van der Waals surface area (Å²) in [5.41, 5.74) is 14.8. The van der Waals surface area contributed by atoms with E-state index in [1.54, 1.807) is 63.6 Å². The van der Waals surface area contributed by atoms with E-state index in [1.165, 1.54) is 38.7 Å². The molecule has 0 fully saturated rings. The fourth-order valence-electron chi connectivity index (χ4n) is 21.4. The summed E-state index contributed by atoms with van der Waals surface area (Å²) in [7, 11) is 6.65. The van der Waals surface area contributed by atoms with Gasteiger partial charge in [0.1, 0.15) is 16.6 Å². The van der Waals surface area contributed by atoms with Crippen LogP contribution in [0, 0.1) is 51.0 Å². The van der Waals surface area contributed by atoms with Crippen molar-refractivity contribution < 1.29 is 75.6 Å². The van der Waals surface area contributed by atoms with Crippen LogP contribution in [0.25, 0.3) is 219 Å². The molecule has 12 aromatic heterocycles. The van der Waals surface area contributed by atoms with Gasteiger partial charge in [0.25, 0.3) is 12.7 Å². The summed E-state index contributed by atoms with van der Waals surface area (Å²) in [6.07, 6.45) is -10.9. The molecule has 0 amide bonds. The second-order valence-electron chi connectivity index (χ2n) is 33.7. The highest BCUT2D eigenvalue weighted by Crippen LogP contribution is 2.51. The molecular weight excluding hydrogens is 1700 g/mol. The first-order chi connectivity index (χ1) is 63.5. The van der Waals surface area contributed by atoms with Gasteiger partial charge in [0.15, 0.2) is 36.9 Å². The molecule has 644 valence electrons. The van der Waals surface area contributed by atoms with Gasteiger partial charge >= 0.3 is 18.5 Å². The highest BCUT2D eigenvalue weighted by molar-refractivity contribution is 6.24. The number of alkyl halides is 9. The number of aryl methyl sites for hydroxylation is 8. The molecule has 0 atom stereocenters. The first-order valence-corrected chi connectivity index (χ1v) is 42.4. The van der Waals surface area contributed by atoms with Crippen LogP contribution in [-0.2, 0) is 46.7 Å². The van der Waals surface area contributed by atoms with Crippen LogP contribution in [0.3, 0.4) is 0 Å². The molecule has 0 aliphatic rings. The Labute approximate surface area is 738 Å². The minimum Gasteiger partial charge on any atom is -0.312 e. The molecule has 14 aromatic carbocycles. The van der Waals surface area contributed by atoms with Gasteiger partial charge in [0.2, 0.25) is 39.9 Å². The standard InChI is InChI=1S/2C29H19F3N3.C25H17F3N3.C24H14F4N3/c1-16-24(21-12-7-11-20-19-10-5-6-13-23(19)35(16)27(20)21)28-22-14-17-8-3-4-9-18(17)25(29(30,31)32)26(22)33-15-34(28)2;1-16-25(21-12-7-11-20-19-10-5-6-13-24(19)35(16)26(20)21)27-22-14-17-8-3-4-9-18(17)15-23(22)28(29(30,31)32)33-34(27)2;1-14-21(19-12-7-11-16-15-8-5-6-13-20(15)31(14)22(16)19)23-17-9-3-4-10-18(17)24(25(26,27)28)29-30(23)2;1-11-16(14-8-5-7-13-12-6-3-4-9-15(12)31(11)23(13)14)24-17-18(25)19(26)20(27)21(28)22(17)29-10-30(24)2/h2*3-15H,1-2H3;3-13H,1-2H3;3-10H,1-2H3/q4*+1. The summed E-state index contributed by atoms with van der Waals surface area (Å²) in [6.45, 7) is 7.97. The summed E-state index contributed by atoms with van der Waals surface area (Å²) in [5, 5.41) is 24.6. The molecule has 0 aliphatic heterocycles. The van der Waals surface area contributed by atoms with Gasteiger partial charge in [-0.3, -0.25) is 0 Å². The summed E-state index contributed by atoms with van der Waals surface area (Å²) in [6, 6.07) is 83.0. The van der Waals surface area contributed by atoms with Crippen LogP contribution in [0.4, 0.5) is 57.1 Å². The van der Waals surface area contributed by atoms with Crippen LogP contribution in [-0.4, -0.2) is 37.8 Å². The van der Waals surface area contributed by atoms with Crippen molar-refractivity contribution in [3.8, 4) is 45.0 Å². The predicted molar refractivity (Wildman–Crippen MR) is 491 cm³/mol. The number of fused-ring (bicyclic) bond motifs is 18. The molecule has 12 heterocycles. The van der Waals surface area contributed by atoms with E-state index in [0.29, 0.717) is 38.5 Å². The van der Waals surface area contributed by atoms with Crippen molar-refractivity contribution in [1.29, 1.82) is 0 Å². The first-order valence-electron chi connectivity index (χ1n) is 42.4. The van der Waals surface area contributed by atoms with E-state index in [1.807, 2.05) is 185 Å². The van der Waals surface area contributed by atoms with Crippen LogP contribution >= 0.6 is 0 Å². The second-order valence-corrected chi connectivity index (χ2v) is 33.7. The topological polar surface area (TPSA) is 84.7 Å². The van der Waals surface area contributed by atoms with E-state index in [0.717, 1.165) is 165 Å². The SMILES string of the molecule is Cc1c(-c2c3c(F)c(F)c(F)c(F)c3nc[n+]2C)c2cccc3c4ccccc4n1c23.Cc1c(-c2c3cc4ccccc4c(C(F)(F)F)c3nc[n+]2C)c2cccc3c4ccccc4n1c23.Cc1c(-c2c3cc4ccccc4cc3c(C(F)(F)F)n[n+]2C)c2cccc3c4ccccc4n1c23.Cc1c(-c2c3ccccc3c(C(F)(F)F)n[n+]2C)c2cccc3c4ccccc4n1c23. The monoisotopic (exact) mass is 1770 g/mol. The van der Waals surface area contributed by atoms with Gasteiger partial charge < -0.3 is 17.6 Å². The smallest absolute Gasteiger partial charge is 0.312 e. The van der Waals surface area contributed by atoms with Crippen LogP contribution in [0.2, 0.25) is 0 Å². The molecule has 0 unspecified atom stereocenters. The average Bonchev–Trinajstić information content (AvgIpc) is 1.55. The molecule has 26 rings (SSSR count). The van der Waals surface area contributed by atoms with Crippen molar-refractivity contribution in [2.75, 3.05) is 0 Å². The number of aromatic nitrogens is 12. The molecule has 132 heavy (non-hydrogen) atoms. The Kier molecular flexibility index (Phi) is 17.7. The van der Waals surface area contributed by atoms with E-state index in [-0.39, 0.29) is 32.8 Å². The maximum absolute atomic E-state index is 15.0. The number of halogens is 13. The quantitative estimate of drug-likeness (QED) is 0.0578. The zero-order valence-corrected chi connectivity index (χ0v) is 71.3. The van der Waals surface area contributed by atoms with Crippen molar-refractivity contribution in [2.45, 2.75) is 46.2 Å². The third kappa shape index (κ3) is 11.5. The van der Waals surface area contributed by atoms with Gasteiger partial charge in [-0.05, 0) is 108 Å². The normalized spacial score (nSPS) is 12.6. The van der Waals surface area contributed by atoms with Crippen molar-refractivity contribution in [2.24, 2.45) is 28.2 Å². The molecule has 0 saturated heterocycles. The summed E-state index contributed by atoms with van der Waals surface area (Å²) in [4.78, 5) is 8.15. The zero-order chi connectivity index (χ0) is 91.2. The predicted octanol–water partition coefficient (Wildman–Crippen LogP) is 26.0. The van der Waals surface area contributed by atoms with Crippen LogP contribution < -0.4 is 18.5 Å². The summed E-state index contributed by atoms with van der Waals surface area (Å²) < 4.78 is 199. The average molecular weight is 1770 g/mol. The summed E-state index contributed by atoms with van der Waals surface area (Å²) in [5.74, 6) is -6.68. The Morgan fingerprint density at radius 3 is 0.977 bits per heavy atom. The maximum Gasteiger partial charge on any atom is 0.439 e.